The minimum Gasteiger partial charge on any atom is -0.265 e. The van der Waals surface area contributed by atoms with Crippen LogP contribution >= 0.6 is 0 Å². The van der Waals surface area contributed by atoms with Gasteiger partial charge in [-0.1, -0.05) is 56.2 Å². The van der Waals surface area contributed by atoms with Crippen LogP contribution in [-0.2, 0) is 6.42 Å². The van der Waals surface area contributed by atoms with Gasteiger partial charge in [0.15, 0.2) is 0 Å². The zero-order valence-electron chi connectivity index (χ0n) is 13.4. The van der Waals surface area contributed by atoms with Crippen molar-refractivity contribution in [2.24, 2.45) is 4.99 Å². The number of nitrogens with zero attached hydrogens (tertiary/aromatic N) is 1. The first-order valence-corrected chi connectivity index (χ1v) is 7.85. The Morgan fingerprint density at radius 2 is 1.90 bits per heavy atom. The Morgan fingerprint density at radius 3 is 2.57 bits per heavy atom. The van der Waals surface area contributed by atoms with E-state index in [-0.39, 0.29) is 0 Å². The summed E-state index contributed by atoms with van der Waals surface area (Å²) in [5, 5.41) is 0. The predicted octanol–water partition coefficient (Wildman–Crippen LogP) is 5.82. The number of hydrogen-bond donors (Lipinski definition) is 0. The topological polar surface area (TPSA) is 12.4 Å². The Kier molecular flexibility index (Phi) is 5.32. The van der Waals surface area contributed by atoms with Gasteiger partial charge < -0.3 is 0 Å². The van der Waals surface area contributed by atoms with E-state index in [2.05, 4.69) is 68.9 Å². The Bertz CT molecular complexity index is 613. The van der Waals surface area contributed by atoms with E-state index in [4.69, 9.17) is 0 Å². The van der Waals surface area contributed by atoms with Gasteiger partial charge in [-0.2, -0.15) is 0 Å². The molecule has 0 aliphatic carbocycles. The molecule has 2 aromatic carbocycles. The van der Waals surface area contributed by atoms with Crippen molar-refractivity contribution >= 4 is 12.4 Å². The summed E-state index contributed by atoms with van der Waals surface area (Å²) in [6, 6.07) is 15.3. The first-order chi connectivity index (χ1) is 10.2. The largest absolute Gasteiger partial charge is 0.265 e. The zero-order chi connectivity index (χ0) is 15.2. The van der Waals surface area contributed by atoms with Crippen LogP contribution in [0.25, 0.3) is 0 Å². The second-order valence-corrected chi connectivity index (χ2v) is 5.67. The van der Waals surface area contributed by atoms with Crippen LogP contribution in [0.5, 0.6) is 0 Å². The molecular formula is C20H25N. The smallest absolute Gasteiger partial charge is 0.0625 e. The Labute approximate surface area is 128 Å². The van der Waals surface area contributed by atoms with E-state index in [1.54, 1.807) is 0 Å². The number of rotatable bonds is 6. The standard InChI is InChI=1S/C20H25N/c1-5-8-16-12-11-15(3)13-20(16)19(6-2)17-9-7-10-18(14-17)21-4/h7,9-14,19H,4-6,8H2,1-3H3/t19-/m0/s1. The van der Waals surface area contributed by atoms with E-state index >= 15 is 0 Å². The van der Waals surface area contributed by atoms with Crippen LogP contribution in [0.15, 0.2) is 47.5 Å². The van der Waals surface area contributed by atoms with Crippen LogP contribution in [0, 0.1) is 6.92 Å². The van der Waals surface area contributed by atoms with Gasteiger partial charge >= 0.3 is 0 Å². The minimum absolute atomic E-state index is 0.438. The Morgan fingerprint density at radius 1 is 1.10 bits per heavy atom. The molecule has 0 aliphatic rings. The molecule has 110 valence electrons. The normalized spacial score (nSPS) is 12.1. The first-order valence-electron chi connectivity index (χ1n) is 7.85. The van der Waals surface area contributed by atoms with Crippen LogP contribution in [0.1, 0.15) is 54.9 Å². The van der Waals surface area contributed by atoms with Crippen molar-refractivity contribution in [2.45, 2.75) is 46.0 Å². The third-order valence-electron chi connectivity index (χ3n) is 4.06. The molecule has 0 bridgehead atoms. The lowest BCUT2D eigenvalue weighted by molar-refractivity contribution is 0.756. The zero-order valence-corrected chi connectivity index (χ0v) is 13.4. The quantitative estimate of drug-likeness (QED) is 0.591. The maximum absolute atomic E-state index is 4.07. The molecule has 0 unspecified atom stereocenters. The van der Waals surface area contributed by atoms with Crippen molar-refractivity contribution in [3.8, 4) is 0 Å². The van der Waals surface area contributed by atoms with E-state index in [1.165, 1.54) is 28.7 Å². The highest BCUT2D eigenvalue weighted by atomic mass is 14.7. The van der Waals surface area contributed by atoms with Gasteiger partial charge in [0.2, 0.25) is 0 Å². The van der Waals surface area contributed by atoms with E-state index in [1.807, 2.05) is 6.07 Å². The molecule has 2 rings (SSSR count). The first kappa shape index (κ1) is 15.5. The third-order valence-corrected chi connectivity index (χ3v) is 4.06. The molecule has 0 fully saturated rings. The SMILES string of the molecule is C=Nc1cccc([C@H](CC)c2cc(C)ccc2CCC)c1. The molecule has 1 atom stereocenters. The minimum atomic E-state index is 0.438. The molecule has 0 radical (unpaired) electrons. The van der Waals surface area contributed by atoms with Crippen molar-refractivity contribution in [2.75, 3.05) is 0 Å². The molecule has 21 heavy (non-hydrogen) atoms. The summed E-state index contributed by atoms with van der Waals surface area (Å²) in [5.74, 6) is 0.438. The molecular weight excluding hydrogens is 254 g/mol. The van der Waals surface area contributed by atoms with Crippen LogP contribution in [-0.4, -0.2) is 6.72 Å². The number of aryl methyl sites for hydroxylation is 2. The molecule has 0 saturated carbocycles. The van der Waals surface area contributed by atoms with Gasteiger partial charge in [-0.3, -0.25) is 4.99 Å². The lowest BCUT2D eigenvalue weighted by Crippen LogP contribution is -2.04. The summed E-state index contributed by atoms with van der Waals surface area (Å²) < 4.78 is 0. The number of hydrogen-bond acceptors (Lipinski definition) is 1. The number of aliphatic imine (C=N–C) groups is 1. The summed E-state index contributed by atoms with van der Waals surface area (Å²) >= 11 is 0. The average Bonchev–Trinajstić information content (AvgIpc) is 2.51. The van der Waals surface area contributed by atoms with Gasteiger partial charge in [0.05, 0.1) is 5.69 Å². The highest BCUT2D eigenvalue weighted by Crippen LogP contribution is 2.33. The second kappa shape index (κ2) is 7.21. The molecule has 0 spiro atoms. The van der Waals surface area contributed by atoms with Crippen LogP contribution in [0.4, 0.5) is 5.69 Å². The molecule has 0 N–H and O–H groups in total. The van der Waals surface area contributed by atoms with Gasteiger partial charge in [-0.25, -0.2) is 0 Å². The summed E-state index contributed by atoms with van der Waals surface area (Å²) in [7, 11) is 0. The predicted molar refractivity (Wildman–Crippen MR) is 93.0 cm³/mol. The lowest BCUT2D eigenvalue weighted by Gasteiger charge is -2.21. The van der Waals surface area contributed by atoms with Crippen molar-refractivity contribution in [3.63, 3.8) is 0 Å². The maximum Gasteiger partial charge on any atom is 0.0625 e. The van der Waals surface area contributed by atoms with Crippen molar-refractivity contribution in [1.29, 1.82) is 0 Å². The lowest BCUT2D eigenvalue weighted by atomic mass is 9.84. The molecule has 0 heterocycles. The third kappa shape index (κ3) is 3.60. The van der Waals surface area contributed by atoms with E-state index < -0.39 is 0 Å². The number of benzene rings is 2. The summed E-state index contributed by atoms with van der Waals surface area (Å²) in [6.07, 6.45) is 3.42. The highest BCUT2D eigenvalue weighted by Gasteiger charge is 2.16. The highest BCUT2D eigenvalue weighted by molar-refractivity contribution is 5.50. The van der Waals surface area contributed by atoms with E-state index in [0.717, 1.165) is 18.5 Å². The Balaban J connectivity index is 2.49. The summed E-state index contributed by atoms with van der Waals surface area (Å²) in [4.78, 5) is 4.07. The van der Waals surface area contributed by atoms with Gasteiger partial charge in [0, 0.05) is 5.92 Å². The van der Waals surface area contributed by atoms with Gasteiger partial charge in [-0.05, 0) is 55.3 Å². The van der Waals surface area contributed by atoms with Crippen molar-refractivity contribution in [1.82, 2.24) is 0 Å². The molecule has 0 aliphatic heterocycles. The monoisotopic (exact) mass is 279 g/mol. The summed E-state index contributed by atoms with van der Waals surface area (Å²) in [5.41, 5.74) is 6.58. The van der Waals surface area contributed by atoms with Gasteiger partial charge in [0.25, 0.3) is 0 Å². The molecule has 1 heteroatoms. The Hall–Kier alpha value is -1.89. The average molecular weight is 279 g/mol. The summed E-state index contributed by atoms with van der Waals surface area (Å²) in [6.45, 7) is 10.3. The van der Waals surface area contributed by atoms with Crippen LogP contribution < -0.4 is 0 Å². The van der Waals surface area contributed by atoms with Gasteiger partial charge in [-0.15, -0.1) is 0 Å². The van der Waals surface area contributed by atoms with Crippen molar-refractivity contribution < 1.29 is 0 Å². The molecule has 0 aromatic heterocycles. The van der Waals surface area contributed by atoms with Crippen LogP contribution in [0.2, 0.25) is 0 Å². The van der Waals surface area contributed by atoms with E-state index in [0.29, 0.717) is 5.92 Å². The van der Waals surface area contributed by atoms with Crippen LogP contribution in [0.3, 0.4) is 0 Å². The van der Waals surface area contributed by atoms with Gasteiger partial charge in [0.1, 0.15) is 0 Å². The molecule has 0 amide bonds. The molecule has 0 saturated heterocycles. The fourth-order valence-electron chi connectivity index (χ4n) is 3.01. The molecule has 1 nitrogen and oxygen atoms in total. The van der Waals surface area contributed by atoms with E-state index in [9.17, 15) is 0 Å². The maximum atomic E-state index is 4.07. The molecule has 2 aromatic rings. The fraction of sp³-hybridized carbons (Fsp3) is 0.350. The fourth-order valence-corrected chi connectivity index (χ4v) is 3.01. The second-order valence-electron chi connectivity index (χ2n) is 5.67. The van der Waals surface area contributed by atoms with Crippen molar-refractivity contribution in [3.05, 3.63) is 64.7 Å².